The van der Waals surface area contributed by atoms with Gasteiger partial charge in [-0.05, 0) is 0 Å². The average molecular weight is 416 g/mol. The van der Waals surface area contributed by atoms with Crippen molar-refractivity contribution in [2.75, 3.05) is 0 Å². The van der Waals surface area contributed by atoms with Crippen LogP contribution in [0.15, 0.2) is 35.2 Å². The molecule has 0 aliphatic rings. The van der Waals surface area contributed by atoms with Gasteiger partial charge in [0, 0.05) is 0 Å². The Balaban J connectivity index is 3.16. The Morgan fingerprint density at radius 3 is 1.93 bits per heavy atom. The average Bonchev–Trinajstić information content (AvgIpc) is 2.16. The minimum absolute atomic E-state index is 0.00280. The first kappa shape index (κ1) is 14.2. The van der Waals surface area contributed by atoms with Gasteiger partial charge in [-0.15, -0.1) is 0 Å². The van der Waals surface area contributed by atoms with Crippen molar-refractivity contribution >= 4 is 63.8 Å². The van der Waals surface area contributed by atoms with Crippen LogP contribution in [0, 0.1) is 0 Å². The van der Waals surface area contributed by atoms with E-state index in [-0.39, 0.29) is 4.90 Å². The molecular formula is C6H5Cl4NO2SSn. The molecule has 0 bridgehead atoms. The molecule has 1 aromatic rings. The van der Waals surface area contributed by atoms with Crippen molar-refractivity contribution in [3.8, 4) is 0 Å². The Morgan fingerprint density at radius 1 is 1.07 bits per heavy atom. The van der Waals surface area contributed by atoms with Gasteiger partial charge in [0.2, 0.25) is 0 Å². The number of nitrogens with zero attached hydrogens (tertiary/aromatic N) is 1. The molecule has 1 rings (SSSR count). The van der Waals surface area contributed by atoms with Crippen LogP contribution in [-0.4, -0.2) is 25.7 Å². The van der Waals surface area contributed by atoms with Crippen LogP contribution in [0.5, 0.6) is 0 Å². The van der Waals surface area contributed by atoms with Gasteiger partial charge >= 0.3 is 110 Å². The zero-order valence-electron chi connectivity index (χ0n) is 7.07. The molecule has 9 heteroatoms. The van der Waals surface area contributed by atoms with Crippen LogP contribution in [0.25, 0.3) is 0 Å². The van der Waals surface area contributed by atoms with Gasteiger partial charge in [0.15, 0.2) is 0 Å². The SMILES string of the molecule is O=S(=O)(c1ccccc1)[N](Cl)[Sn]([Cl])([Cl])[Cl]. The minimum atomic E-state index is -4.38. The van der Waals surface area contributed by atoms with Gasteiger partial charge in [-0.2, -0.15) is 0 Å². The second-order valence-electron chi connectivity index (χ2n) is 2.50. The number of hydrogen-bond donors (Lipinski definition) is 0. The fourth-order valence-electron chi connectivity index (χ4n) is 0.821. The van der Waals surface area contributed by atoms with E-state index in [4.69, 9.17) is 38.5 Å². The van der Waals surface area contributed by atoms with Gasteiger partial charge < -0.3 is 0 Å². The Bertz CT molecular complexity index is 432. The molecule has 0 N–H and O–H groups in total. The van der Waals surface area contributed by atoms with E-state index in [1.807, 2.05) is 0 Å². The molecule has 0 amide bonds. The number of hydrogen-bond acceptors (Lipinski definition) is 2. The van der Waals surface area contributed by atoms with Crippen LogP contribution in [0.2, 0.25) is 0 Å². The Morgan fingerprint density at radius 2 is 1.53 bits per heavy atom. The Kier molecular flexibility index (Phi) is 4.87. The molecule has 0 saturated heterocycles. The zero-order chi connectivity index (χ0) is 11.7. The normalized spacial score (nSPS) is 13.1. The van der Waals surface area contributed by atoms with Crippen LogP contribution in [-0.2, 0) is 10.0 Å². The number of rotatable bonds is 3. The van der Waals surface area contributed by atoms with Crippen molar-refractivity contribution in [2.45, 2.75) is 4.90 Å². The second kappa shape index (κ2) is 5.16. The molecule has 0 fully saturated rings. The third-order valence-electron chi connectivity index (χ3n) is 1.45. The molecule has 0 atom stereocenters. The molecule has 0 unspecified atom stereocenters. The van der Waals surface area contributed by atoms with E-state index < -0.39 is 25.3 Å². The van der Waals surface area contributed by atoms with Gasteiger partial charge in [-0.1, -0.05) is 0 Å². The second-order valence-corrected chi connectivity index (χ2v) is 25.4. The summed E-state index contributed by atoms with van der Waals surface area (Å²) in [4.78, 5) is 0.00280. The summed E-state index contributed by atoms with van der Waals surface area (Å²) in [6.07, 6.45) is 0. The molecule has 0 aliphatic carbocycles. The van der Waals surface area contributed by atoms with Crippen molar-refractivity contribution in [3.63, 3.8) is 0 Å². The summed E-state index contributed by atoms with van der Waals surface area (Å²) in [5.41, 5.74) is 0. The third-order valence-corrected chi connectivity index (χ3v) is 17.2. The standard InChI is InChI=1S/C6H5ClNO2S.3ClH.Sn/c7-8-11(9,10)6-4-2-1-3-5-6;;;;/h1-5H;3*1H;/q-1;;;;+4/p-3. The maximum atomic E-state index is 11.8. The van der Waals surface area contributed by atoms with Crippen LogP contribution in [0.1, 0.15) is 0 Å². The van der Waals surface area contributed by atoms with Gasteiger partial charge in [-0.25, -0.2) is 0 Å². The number of sulfonamides is 1. The van der Waals surface area contributed by atoms with E-state index in [0.717, 1.165) is 0 Å². The first-order valence-electron chi connectivity index (χ1n) is 3.59. The summed E-state index contributed by atoms with van der Waals surface area (Å²) in [5, 5.41) is 0. The van der Waals surface area contributed by atoms with Gasteiger partial charge in [-0.3, -0.25) is 0 Å². The summed E-state index contributed by atoms with van der Waals surface area (Å²) in [5.74, 6) is 0. The van der Waals surface area contributed by atoms with Gasteiger partial charge in [0.1, 0.15) is 0 Å². The van der Waals surface area contributed by atoms with Crippen molar-refractivity contribution < 1.29 is 8.42 Å². The van der Waals surface area contributed by atoms with Crippen LogP contribution < -0.4 is 0 Å². The third kappa shape index (κ3) is 3.52. The Hall–Kier alpha value is 1.09. The summed E-state index contributed by atoms with van der Waals surface area (Å²) >= 11 is 1.14. The van der Waals surface area contributed by atoms with Crippen LogP contribution in [0.4, 0.5) is 0 Å². The molecule has 84 valence electrons. The fourth-order valence-corrected chi connectivity index (χ4v) is 10.7. The van der Waals surface area contributed by atoms with E-state index in [9.17, 15) is 8.42 Å². The number of benzene rings is 1. The predicted octanol–water partition coefficient (Wildman–Crippen LogP) is 2.98. The zero-order valence-corrected chi connectivity index (χ0v) is 13.8. The molecule has 0 aromatic heterocycles. The quantitative estimate of drug-likeness (QED) is 0.562. The predicted molar refractivity (Wildman–Crippen MR) is 64.6 cm³/mol. The van der Waals surface area contributed by atoms with E-state index in [2.05, 4.69) is 0 Å². The first-order chi connectivity index (χ1) is 6.76. The molecule has 15 heavy (non-hydrogen) atoms. The summed E-state index contributed by atoms with van der Waals surface area (Å²) in [6.45, 7) is 0. The summed E-state index contributed by atoms with van der Waals surface area (Å²) in [6, 6.07) is 7.56. The Labute approximate surface area is 108 Å². The summed E-state index contributed by atoms with van der Waals surface area (Å²) < 4.78 is 23.9. The van der Waals surface area contributed by atoms with Crippen LogP contribution in [0.3, 0.4) is 0 Å². The molecule has 1 aromatic carbocycles. The van der Waals surface area contributed by atoms with Crippen molar-refractivity contribution in [2.24, 2.45) is 0 Å². The molecule has 3 nitrogen and oxygen atoms in total. The van der Waals surface area contributed by atoms with E-state index >= 15 is 0 Å². The monoisotopic (exact) mass is 415 g/mol. The summed E-state index contributed by atoms with van der Waals surface area (Å²) in [7, 11) is 12.8. The van der Waals surface area contributed by atoms with E-state index in [1.165, 1.54) is 12.1 Å². The van der Waals surface area contributed by atoms with Crippen molar-refractivity contribution in [1.29, 1.82) is 0 Å². The molecule has 0 radical (unpaired) electrons. The molecular weight excluding hydrogens is 411 g/mol. The molecule has 0 spiro atoms. The molecule has 0 aliphatic heterocycles. The van der Waals surface area contributed by atoms with E-state index in [0.29, 0.717) is 2.05 Å². The molecule has 0 heterocycles. The molecule has 0 saturated carbocycles. The number of halogens is 4. The first-order valence-corrected chi connectivity index (χ1v) is 17.5. The maximum absolute atomic E-state index is 11.8. The van der Waals surface area contributed by atoms with Crippen molar-refractivity contribution in [3.05, 3.63) is 30.3 Å². The van der Waals surface area contributed by atoms with Crippen molar-refractivity contribution in [1.82, 2.24) is 2.05 Å². The topological polar surface area (TPSA) is 37.4 Å². The van der Waals surface area contributed by atoms with Crippen LogP contribution >= 0.6 is 38.5 Å². The van der Waals surface area contributed by atoms with Gasteiger partial charge in [0.05, 0.1) is 0 Å². The van der Waals surface area contributed by atoms with Gasteiger partial charge in [0.25, 0.3) is 0 Å². The van der Waals surface area contributed by atoms with E-state index in [1.54, 1.807) is 18.2 Å². The fraction of sp³-hybridized carbons (Fsp3) is 0.